The van der Waals surface area contributed by atoms with Crippen molar-refractivity contribution in [2.24, 2.45) is 0 Å². The lowest BCUT2D eigenvalue weighted by atomic mass is 10.0. The Labute approximate surface area is 183 Å². The van der Waals surface area contributed by atoms with Gasteiger partial charge in [0.2, 0.25) is 5.91 Å². The van der Waals surface area contributed by atoms with Crippen LogP contribution in [0.2, 0.25) is 0 Å². The molecule has 6 nitrogen and oxygen atoms in total. The monoisotopic (exact) mass is 438 g/mol. The van der Waals surface area contributed by atoms with Crippen molar-refractivity contribution in [1.29, 1.82) is 0 Å². The molecule has 0 aliphatic rings. The molecule has 31 heavy (non-hydrogen) atoms. The summed E-state index contributed by atoms with van der Waals surface area (Å²) in [5, 5.41) is 2.86. The standard InChI is InChI=1S/C24H26N2O4S/c1-19(20-10-5-3-6-11-20)17-25-24(27)18-26(21-12-9-13-22(16-21)30-2)31(28,29)23-14-7-4-8-15-23/h3-16,19H,17-18H2,1-2H3,(H,25,27)/t19-/m0/s1. The summed E-state index contributed by atoms with van der Waals surface area (Å²) in [7, 11) is -2.44. The van der Waals surface area contributed by atoms with Crippen LogP contribution in [0, 0.1) is 0 Å². The summed E-state index contributed by atoms with van der Waals surface area (Å²) in [6.45, 7) is 2.07. The molecule has 0 heterocycles. The van der Waals surface area contributed by atoms with Crippen LogP contribution >= 0.6 is 0 Å². The molecule has 0 aliphatic carbocycles. The van der Waals surface area contributed by atoms with Gasteiger partial charge in [0.1, 0.15) is 12.3 Å². The molecule has 0 unspecified atom stereocenters. The zero-order valence-electron chi connectivity index (χ0n) is 17.6. The van der Waals surface area contributed by atoms with Gasteiger partial charge in [-0.05, 0) is 35.7 Å². The minimum absolute atomic E-state index is 0.0983. The summed E-state index contributed by atoms with van der Waals surface area (Å²) < 4.78 is 33.0. The molecule has 0 aliphatic heterocycles. The van der Waals surface area contributed by atoms with Crippen molar-refractivity contribution >= 4 is 21.6 Å². The Balaban J connectivity index is 1.82. The zero-order chi connectivity index (χ0) is 22.3. The van der Waals surface area contributed by atoms with Gasteiger partial charge in [-0.25, -0.2) is 8.42 Å². The summed E-state index contributed by atoms with van der Waals surface area (Å²) in [6, 6.07) is 24.6. The molecule has 0 aromatic heterocycles. The Hall–Kier alpha value is -3.32. The number of ether oxygens (including phenoxy) is 1. The van der Waals surface area contributed by atoms with Crippen molar-refractivity contribution in [3.63, 3.8) is 0 Å². The maximum atomic E-state index is 13.3. The van der Waals surface area contributed by atoms with Crippen molar-refractivity contribution in [2.75, 3.05) is 24.5 Å². The fraction of sp³-hybridized carbons (Fsp3) is 0.208. The van der Waals surface area contributed by atoms with E-state index >= 15 is 0 Å². The quantitative estimate of drug-likeness (QED) is 0.551. The lowest BCUT2D eigenvalue weighted by Crippen LogP contribution is -2.41. The van der Waals surface area contributed by atoms with Crippen LogP contribution in [0.3, 0.4) is 0 Å². The topological polar surface area (TPSA) is 75.7 Å². The van der Waals surface area contributed by atoms with Crippen molar-refractivity contribution in [3.05, 3.63) is 90.5 Å². The molecule has 3 aromatic rings. The van der Waals surface area contributed by atoms with Gasteiger partial charge in [0.15, 0.2) is 0 Å². The van der Waals surface area contributed by atoms with E-state index in [0.717, 1.165) is 9.87 Å². The number of benzene rings is 3. The van der Waals surface area contributed by atoms with Gasteiger partial charge in [0.05, 0.1) is 17.7 Å². The van der Waals surface area contributed by atoms with E-state index < -0.39 is 10.0 Å². The van der Waals surface area contributed by atoms with Gasteiger partial charge in [-0.3, -0.25) is 9.10 Å². The first-order valence-corrected chi connectivity index (χ1v) is 11.4. The normalized spacial score (nSPS) is 12.1. The molecule has 0 saturated heterocycles. The van der Waals surface area contributed by atoms with Gasteiger partial charge in [0, 0.05) is 12.6 Å². The highest BCUT2D eigenvalue weighted by atomic mass is 32.2. The minimum atomic E-state index is -3.95. The first-order chi connectivity index (χ1) is 14.9. The maximum absolute atomic E-state index is 13.3. The van der Waals surface area contributed by atoms with Crippen LogP contribution in [0.4, 0.5) is 5.69 Å². The second-order valence-corrected chi connectivity index (χ2v) is 9.00. The molecular weight excluding hydrogens is 412 g/mol. The summed E-state index contributed by atoms with van der Waals surface area (Å²) >= 11 is 0. The van der Waals surface area contributed by atoms with Gasteiger partial charge in [-0.1, -0.05) is 61.5 Å². The van der Waals surface area contributed by atoms with Gasteiger partial charge < -0.3 is 10.1 Å². The summed E-state index contributed by atoms with van der Waals surface area (Å²) in [6.07, 6.45) is 0. The van der Waals surface area contributed by atoms with E-state index in [0.29, 0.717) is 18.0 Å². The molecule has 3 rings (SSSR count). The number of hydrogen-bond acceptors (Lipinski definition) is 4. The first kappa shape index (κ1) is 22.4. The SMILES string of the molecule is COc1cccc(N(CC(=O)NC[C@H](C)c2ccccc2)S(=O)(=O)c2ccccc2)c1. The summed E-state index contributed by atoms with van der Waals surface area (Å²) in [5.74, 6) is 0.218. The van der Waals surface area contributed by atoms with Crippen molar-refractivity contribution < 1.29 is 17.9 Å². The molecule has 0 bridgehead atoms. The molecule has 3 aromatic carbocycles. The predicted molar refractivity (Wildman–Crippen MR) is 122 cm³/mol. The highest BCUT2D eigenvalue weighted by Gasteiger charge is 2.27. The molecule has 7 heteroatoms. The highest BCUT2D eigenvalue weighted by molar-refractivity contribution is 7.92. The minimum Gasteiger partial charge on any atom is -0.497 e. The number of carbonyl (C=O) groups excluding carboxylic acids is 1. The molecule has 0 radical (unpaired) electrons. The Morgan fingerprint density at radius 2 is 1.61 bits per heavy atom. The lowest BCUT2D eigenvalue weighted by Gasteiger charge is -2.25. The van der Waals surface area contributed by atoms with E-state index in [1.807, 2.05) is 37.3 Å². The van der Waals surface area contributed by atoms with Crippen LogP contribution in [0.25, 0.3) is 0 Å². The van der Waals surface area contributed by atoms with Gasteiger partial charge >= 0.3 is 0 Å². The van der Waals surface area contributed by atoms with Crippen LogP contribution in [0.1, 0.15) is 18.4 Å². The largest absolute Gasteiger partial charge is 0.497 e. The number of anilines is 1. The van der Waals surface area contributed by atoms with Crippen LogP contribution in [0.15, 0.2) is 89.8 Å². The fourth-order valence-corrected chi connectivity index (χ4v) is 4.59. The molecule has 1 N–H and O–H groups in total. The molecule has 0 spiro atoms. The Morgan fingerprint density at radius 1 is 0.968 bits per heavy atom. The van der Waals surface area contributed by atoms with Crippen molar-refractivity contribution in [2.45, 2.75) is 17.7 Å². The number of carbonyl (C=O) groups is 1. The number of nitrogens with zero attached hydrogens (tertiary/aromatic N) is 1. The number of hydrogen-bond donors (Lipinski definition) is 1. The van der Waals surface area contributed by atoms with E-state index in [4.69, 9.17) is 4.74 Å². The van der Waals surface area contributed by atoms with Crippen LogP contribution in [-0.4, -0.2) is 34.5 Å². The molecule has 0 fully saturated rings. The lowest BCUT2D eigenvalue weighted by molar-refractivity contribution is -0.119. The number of amides is 1. The molecule has 162 valence electrons. The van der Waals surface area contributed by atoms with E-state index in [1.54, 1.807) is 42.5 Å². The predicted octanol–water partition coefficient (Wildman–Crippen LogP) is 3.81. The second kappa shape index (κ2) is 10.1. The van der Waals surface area contributed by atoms with Gasteiger partial charge in [0.25, 0.3) is 10.0 Å². The van der Waals surface area contributed by atoms with E-state index in [2.05, 4.69) is 5.32 Å². The second-order valence-electron chi connectivity index (χ2n) is 7.14. The Bertz CT molecular complexity index is 1100. The fourth-order valence-electron chi connectivity index (χ4n) is 3.15. The molecule has 0 saturated carbocycles. The van der Waals surface area contributed by atoms with Gasteiger partial charge in [-0.15, -0.1) is 0 Å². The Kier molecular flexibility index (Phi) is 7.31. The number of nitrogens with one attached hydrogen (secondary N) is 1. The maximum Gasteiger partial charge on any atom is 0.264 e. The summed E-state index contributed by atoms with van der Waals surface area (Å²) in [4.78, 5) is 12.9. The summed E-state index contributed by atoms with van der Waals surface area (Å²) in [5.41, 5.74) is 1.46. The number of methoxy groups -OCH3 is 1. The molecule has 1 atom stereocenters. The third-order valence-electron chi connectivity index (χ3n) is 4.93. The van der Waals surface area contributed by atoms with Crippen molar-refractivity contribution in [1.82, 2.24) is 5.32 Å². The van der Waals surface area contributed by atoms with Crippen LogP contribution < -0.4 is 14.4 Å². The highest BCUT2D eigenvalue weighted by Crippen LogP contribution is 2.26. The zero-order valence-corrected chi connectivity index (χ0v) is 18.4. The average Bonchev–Trinajstić information content (AvgIpc) is 2.82. The van der Waals surface area contributed by atoms with E-state index in [1.165, 1.54) is 19.2 Å². The van der Waals surface area contributed by atoms with Gasteiger partial charge in [-0.2, -0.15) is 0 Å². The third-order valence-corrected chi connectivity index (χ3v) is 6.72. The average molecular weight is 439 g/mol. The smallest absolute Gasteiger partial charge is 0.264 e. The number of sulfonamides is 1. The third kappa shape index (κ3) is 5.64. The molecular formula is C24H26N2O4S. The van der Waals surface area contributed by atoms with Crippen LogP contribution in [0.5, 0.6) is 5.75 Å². The van der Waals surface area contributed by atoms with E-state index in [9.17, 15) is 13.2 Å². The van der Waals surface area contributed by atoms with Crippen molar-refractivity contribution in [3.8, 4) is 5.75 Å². The van der Waals surface area contributed by atoms with Crippen LogP contribution in [-0.2, 0) is 14.8 Å². The van der Waals surface area contributed by atoms with E-state index in [-0.39, 0.29) is 23.3 Å². The Morgan fingerprint density at radius 3 is 2.26 bits per heavy atom. The first-order valence-electron chi connectivity index (χ1n) is 9.95. The molecule has 1 amide bonds. The number of rotatable bonds is 9.